The van der Waals surface area contributed by atoms with Crippen molar-refractivity contribution in [2.45, 2.75) is 6.92 Å². The van der Waals surface area contributed by atoms with E-state index in [1.54, 1.807) is 6.92 Å². The highest BCUT2D eigenvalue weighted by Gasteiger charge is 2.07. The molecule has 0 saturated heterocycles. The maximum absolute atomic E-state index is 11.5. The molecule has 0 aliphatic carbocycles. The van der Waals surface area contributed by atoms with Gasteiger partial charge in [0.15, 0.2) is 5.78 Å². The first kappa shape index (κ1) is 10.4. The molecule has 0 bridgehead atoms. The summed E-state index contributed by atoms with van der Waals surface area (Å²) in [5, 5.41) is 0. The maximum Gasteiger partial charge on any atom is 0.160 e. The van der Waals surface area contributed by atoms with Crippen LogP contribution >= 0.6 is 0 Å². The Labute approximate surface area is 94.7 Å². The first-order chi connectivity index (χ1) is 7.68. The quantitative estimate of drug-likeness (QED) is 0.612. The molecule has 0 amide bonds. The molecule has 0 aliphatic heterocycles. The Morgan fingerprint density at radius 1 is 1.06 bits per heavy atom. The van der Waals surface area contributed by atoms with E-state index in [1.807, 2.05) is 48.5 Å². The molecule has 2 heteroatoms. The third-order valence-corrected chi connectivity index (χ3v) is 2.50. The molecule has 2 aromatic carbocycles. The van der Waals surface area contributed by atoms with Crippen molar-refractivity contribution in [3.05, 3.63) is 54.1 Å². The Balaban J connectivity index is 2.60. The van der Waals surface area contributed by atoms with E-state index in [1.165, 1.54) is 0 Å². The molecule has 16 heavy (non-hydrogen) atoms. The van der Waals surface area contributed by atoms with Crippen molar-refractivity contribution >= 4 is 11.5 Å². The number of Topliss-reactive ketones (excluding diaryl/α,β-unsaturated/α-hetero) is 1. The van der Waals surface area contributed by atoms with Gasteiger partial charge in [-0.3, -0.25) is 4.79 Å². The lowest BCUT2D eigenvalue weighted by molar-refractivity contribution is 0.101. The van der Waals surface area contributed by atoms with Gasteiger partial charge >= 0.3 is 0 Å². The highest BCUT2D eigenvalue weighted by Crippen LogP contribution is 2.25. The molecule has 0 atom stereocenters. The largest absolute Gasteiger partial charge is 0.399 e. The molecular weight excluding hydrogens is 198 g/mol. The van der Waals surface area contributed by atoms with Crippen LogP contribution in [0.1, 0.15) is 17.3 Å². The number of rotatable bonds is 2. The average molecular weight is 211 g/mol. The van der Waals surface area contributed by atoms with Gasteiger partial charge < -0.3 is 5.73 Å². The molecule has 0 radical (unpaired) electrons. The van der Waals surface area contributed by atoms with Gasteiger partial charge in [0.25, 0.3) is 0 Å². The molecule has 2 aromatic rings. The van der Waals surface area contributed by atoms with Gasteiger partial charge in [-0.1, -0.05) is 36.4 Å². The molecule has 0 aromatic heterocycles. The van der Waals surface area contributed by atoms with E-state index < -0.39 is 0 Å². The summed E-state index contributed by atoms with van der Waals surface area (Å²) in [6.07, 6.45) is 0. The van der Waals surface area contributed by atoms with Crippen LogP contribution in [0.5, 0.6) is 0 Å². The van der Waals surface area contributed by atoms with Gasteiger partial charge in [-0.05, 0) is 30.2 Å². The summed E-state index contributed by atoms with van der Waals surface area (Å²) in [5.74, 6) is 0.0676. The molecule has 0 unspecified atom stereocenters. The standard InChI is InChI=1S/C14H13NO/c1-10(16)13-7-2-3-8-14(13)11-5-4-6-12(15)9-11/h2-9H,15H2,1H3. The van der Waals surface area contributed by atoms with E-state index in [2.05, 4.69) is 0 Å². The summed E-state index contributed by atoms with van der Waals surface area (Å²) < 4.78 is 0. The van der Waals surface area contributed by atoms with E-state index in [-0.39, 0.29) is 5.78 Å². The lowest BCUT2D eigenvalue weighted by atomic mass is 9.97. The van der Waals surface area contributed by atoms with Gasteiger partial charge in [0.05, 0.1) is 0 Å². The second kappa shape index (κ2) is 4.19. The van der Waals surface area contributed by atoms with Crippen LogP contribution in [-0.4, -0.2) is 5.78 Å². The zero-order chi connectivity index (χ0) is 11.5. The summed E-state index contributed by atoms with van der Waals surface area (Å²) in [6, 6.07) is 15.1. The summed E-state index contributed by atoms with van der Waals surface area (Å²) in [7, 11) is 0. The van der Waals surface area contributed by atoms with Crippen molar-refractivity contribution in [1.82, 2.24) is 0 Å². The van der Waals surface area contributed by atoms with Crippen LogP contribution in [-0.2, 0) is 0 Å². The van der Waals surface area contributed by atoms with Crippen LogP contribution in [0.2, 0.25) is 0 Å². The van der Waals surface area contributed by atoms with Crippen LogP contribution in [0, 0.1) is 0 Å². The molecule has 0 heterocycles. The Kier molecular flexibility index (Phi) is 2.73. The SMILES string of the molecule is CC(=O)c1ccccc1-c1cccc(N)c1. The van der Waals surface area contributed by atoms with Crippen LogP contribution in [0.4, 0.5) is 5.69 Å². The number of carbonyl (C=O) groups excluding carboxylic acids is 1. The minimum atomic E-state index is 0.0676. The third kappa shape index (κ3) is 1.96. The van der Waals surface area contributed by atoms with Gasteiger partial charge in [0, 0.05) is 11.3 Å². The lowest BCUT2D eigenvalue weighted by Gasteiger charge is -2.07. The van der Waals surface area contributed by atoms with E-state index >= 15 is 0 Å². The Hall–Kier alpha value is -2.09. The molecule has 0 spiro atoms. The predicted molar refractivity (Wildman–Crippen MR) is 66.3 cm³/mol. The molecule has 0 fully saturated rings. The lowest BCUT2D eigenvalue weighted by Crippen LogP contribution is -1.96. The zero-order valence-electron chi connectivity index (χ0n) is 9.10. The van der Waals surface area contributed by atoms with E-state index in [0.29, 0.717) is 5.69 Å². The molecule has 80 valence electrons. The first-order valence-corrected chi connectivity index (χ1v) is 5.14. The van der Waals surface area contributed by atoms with Crippen LogP contribution in [0.15, 0.2) is 48.5 Å². The number of anilines is 1. The van der Waals surface area contributed by atoms with Crippen molar-refractivity contribution in [2.24, 2.45) is 0 Å². The molecular formula is C14H13NO. The number of benzene rings is 2. The Morgan fingerprint density at radius 2 is 1.81 bits per heavy atom. The molecule has 2 N–H and O–H groups in total. The highest BCUT2D eigenvalue weighted by molar-refractivity contribution is 6.00. The summed E-state index contributed by atoms with van der Waals surface area (Å²) in [6.45, 7) is 1.57. The molecule has 2 nitrogen and oxygen atoms in total. The van der Waals surface area contributed by atoms with Gasteiger partial charge in [-0.2, -0.15) is 0 Å². The minimum Gasteiger partial charge on any atom is -0.399 e. The van der Waals surface area contributed by atoms with E-state index in [4.69, 9.17) is 5.73 Å². The second-order valence-corrected chi connectivity index (χ2v) is 3.73. The van der Waals surface area contributed by atoms with E-state index in [9.17, 15) is 4.79 Å². The van der Waals surface area contributed by atoms with Gasteiger partial charge in [-0.25, -0.2) is 0 Å². The second-order valence-electron chi connectivity index (χ2n) is 3.73. The molecule has 0 saturated carbocycles. The molecule has 2 rings (SSSR count). The van der Waals surface area contributed by atoms with Gasteiger partial charge in [-0.15, -0.1) is 0 Å². The number of nitrogen functional groups attached to an aromatic ring is 1. The highest BCUT2D eigenvalue weighted by atomic mass is 16.1. The number of nitrogens with two attached hydrogens (primary N) is 1. The van der Waals surface area contributed by atoms with Crippen molar-refractivity contribution < 1.29 is 4.79 Å². The number of carbonyl (C=O) groups is 1. The van der Waals surface area contributed by atoms with Gasteiger partial charge in [0.1, 0.15) is 0 Å². The minimum absolute atomic E-state index is 0.0676. The van der Waals surface area contributed by atoms with Crippen molar-refractivity contribution in [2.75, 3.05) is 5.73 Å². The monoisotopic (exact) mass is 211 g/mol. The van der Waals surface area contributed by atoms with Crippen molar-refractivity contribution in [3.63, 3.8) is 0 Å². The first-order valence-electron chi connectivity index (χ1n) is 5.14. The fraction of sp³-hybridized carbons (Fsp3) is 0.0714. The number of hydrogen-bond acceptors (Lipinski definition) is 2. The van der Waals surface area contributed by atoms with Crippen LogP contribution < -0.4 is 5.73 Å². The van der Waals surface area contributed by atoms with Crippen LogP contribution in [0.3, 0.4) is 0 Å². The Morgan fingerprint density at radius 3 is 2.50 bits per heavy atom. The van der Waals surface area contributed by atoms with E-state index in [0.717, 1.165) is 16.7 Å². The predicted octanol–water partition coefficient (Wildman–Crippen LogP) is 3.14. The number of hydrogen-bond donors (Lipinski definition) is 1. The smallest absolute Gasteiger partial charge is 0.160 e. The number of ketones is 1. The summed E-state index contributed by atoms with van der Waals surface area (Å²) in [4.78, 5) is 11.5. The zero-order valence-corrected chi connectivity index (χ0v) is 9.10. The molecule has 0 aliphatic rings. The fourth-order valence-corrected chi connectivity index (χ4v) is 1.75. The Bertz CT molecular complexity index is 532. The van der Waals surface area contributed by atoms with Crippen LogP contribution in [0.25, 0.3) is 11.1 Å². The topological polar surface area (TPSA) is 43.1 Å². The summed E-state index contributed by atoms with van der Waals surface area (Å²) in [5.41, 5.74) is 9.08. The fourth-order valence-electron chi connectivity index (χ4n) is 1.75. The average Bonchev–Trinajstić information content (AvgIpc) is 2.29. The normalized spacial score (nSPS) is 10.1. The summed E-state index contributed by atoms with van der Waals surface area (Å²) >= 11 is 0. The third-order valence-electron chi connectivity index (χ3n) is 2.50. The van der Waals surface area contributed by atoms with Gasteiger partial charge in [0.2, 0.25) is 0 Å². The maximum atomic E-state index is 11.5. The van der Waals surface area contributed by atoms with Crippen molar-refractivity contribution in [3.8, 4) is 11.1 Å². The van der Waals surface area contributed by atoms with Crippen molar-refractivity contribution in [1.29, 1.82) is 0 Å².